The van der Waals surface area contributed by atoms with Crippen molar-refractivity contribution in [3.8, 4) is 0 Å². The second kappa shape index (κ2) is 4.70. The van der Waals surface area contributed by atoms with Gasteiger partial charge in [0, 0.05) is 13.0 Å². The number of hydrogen-bond donors (Lipinski definition) is 1. The molecule has 66 valence electrons. The topological polar surface area (TPSA) is 38.7 Å². The molecule has 3 heteroatoms. The van der Waals surface area contributed by atoms with Crippen LogP contribution in [-0.4, -0.2) is 30.7 Å². The van der Waals surface area contributed by atoms with Gasteiger partial charge in [-0.05, 0) is 6.42 Å². The zero-order valence-corrected chi connectivity index (χ0v) is 6.95. The largest absolute Gasteiger partial charge is 0.388 e. The van der Waals surface area contributed by atoms with Crippen LogP contribution in [0.1, 0.15) is 26.2 Å². The quantitative estimate of drug-likeness (QED) is 0.621. The van der Waals surface area contributed by atoms with Crippen molar-refractivity contribution < 1.29 is 14.6 Å². The van der Waals surface area contributed by atoms with E-state index in [9.17, 15) is 5.11 Å². The Bertz CT molecular complexity index is 106. The molecule has 0 amide bonds. The summed E-state index contributed by atoms with van der Waals surface area (Å²) in [6.07, 6.45) is 2.08. The summed E-state index contributed by atoms with van der Waals surface area (Å²) in [6, 6.07) is 0. The predicted octanol–water partition coefficient (Wildman–Crippen LogP) is 0.910. The van der Waals surface area contributed by atoms with Crippen LogP contribution in [0.3, 0.4) is 0 Å². The van der Waals surface area contributed by atoms with Crippen molar-refractivity contribution in [3.05, 3.63) is 0 Å². The minimum Gasteiger partial charge on any atom is -0.388 e. The van der Waals surface area contributed by atoms with E-state index < -0.39 is 6.10 Å². The minimum absolute atomic E-state index is 0.360. The molecule has 0 bridgehead atoms. The van der Waals surface area contributed by atoms with Crippen molar-refractivity contribution in [2.24, 2.45) is 0 Å². The van der Waals surface area contributed by atoms with E-state index in [1.54, 1.807) is 0 Å². The third-order valence-electron chi connectivity index (χ3n) is 1.79. The summed E-state index contributed by atoms with van der Waals surface area (Å²) in [5.41, 5.74) is 0. The highest BCUT2D eigenvalue weighted by molar-refractivity contribution is 4.66. The normalized spacial score (nSPS) is 31.1. The van der Waals surface area contributed by atoms with E-state index in [-0.39, 0.29) is 6.29 Å². The summed E-state index contributed by atoms with van der Waals surface area (Å²) < 4.78 is 10.4. The van der Waals surface area contributed by atoms with Gasteiger partial charge < -0.3 is 14.6 Å². The molecule has 1 rings (SSSR count). The maximum atomic E-state index is 9.24. The van der Waals surface area contributed by atoms with Crippen molar-refractivity contribution in [1.29, 1.82) is 0 Å². The number of unbranched alkanes of at least 4 members (excludes halogenated alkanes) is 1. The predicted molar refractivity (Wildman–Crippen MR) is 41.2 cm³/mol. The lowest BCUT2D eigenvalue weighted by Gasteiger charge is -2.13. The van der Waals surface area contributed by atoms with Crippen molar-refractivity contribution in [2.45, 2.75) is 38.6 Å². The van der Waals surface area contributed by atoms with Gasteiger partial charge in [-0.2, -0.15) is 0 Å². The van der Waals surface area contributed by atoms with Gasteiger partial charge >= 0.3 is 0 Å². The highest BCUT2D eigenvalue weighted by Gasteiger charge is 2.26. The SMILES string of the molecule is CCCCO[C@@H]1OCC[C@H]1O. The van der Waals surface area contributed by atoms with Crippen LogP contribution in [0.2, 0.25) is 0 Å². The molecule has 1 fully saturated rings. The average molecular weight is 160 g/mol. The lowest BCUT2D eigenvalue weighted by molar-refractivity contribution is -0.150. The second-order valence-corrected chi connectivity index (χ2v) is 2.82. The van der Waals surface area contributed by atoms with Crippen molar-refractivity contribution >= 4 is 0 Å². The number of aliphatic hydroxyl groups excluding tert-OH is 1. The van der Waals surface area contributed by atoms with Crippen molar-refractivity contribution in [3.63, 3.8) is 0 Å². The van der Waals surface area contributed by atoms with Crippen molar-refractivity contribution in [1.82, 2.24) is 0 Å². The van der Waals surface area contributed by atoms with E-state index in [1.807, 2.05) is 0 Å². The fourth-order valence-corrected chi connectivity index (χ4v) is 1.06. The van der Waals surface area contributed by atoms with E-state index in [4.69, 9.17) is 9.47 Å². The molecule has 1 aliphatic heterocycles. The highest BCUT2D eigenvalue weighted by atomic mass is 16.7. The minimum atomic E-state index is -0.410. The molecule has 1 saturated heterocycles. The zero-order chi connectivity index (χ0) is 8.10. The van der Waals surface area contributed by atoms with Gasteiger partial charge in [0.2, 0.25) is 0 Å². The van der Waals surface area contributed by atoms with Crippen LogP contribution < -0.4 is 0 Å². The third-order valence-corrected chi connectivity index (χ3v) is 1.79. The molecule has 0 aromatic carbocycles. The molecule has 0 aromatic rings. The maximum absolute atomic E-state index is 9.24. The first-order chi connectivity index (χ1) is 5.34. The standard InChI is InChI=1S/C8H16O3/c1-2-3-5-10-8-7(9)4-6-11-8/h7-9H,2-6H2,1H3/t7-,8-/m1/s1. The fourth-order valence-electron chi connectivity index (χ4n) is 1.06. The average Bonchev–Trinajstić information content (AvgIpc) is 2.37. The number of ether oxygens (including phenoxy) is 2. The molecule has 1 N–H and O–H groups in total. The fraction of sp³-hybridized carbons (Fsp3) is 1.00. The molecule has 1 aliphatic rings. The summed E-state index contributed by atoms with van der Waals surface area (Å²) in [5, 5.41) is 9.24. The van der Waals surface area contributed by atoms with Crippen LogP contribution in [0.5, 0.6) is 0 Å². The van der Waals surface area contributed by atoms with E-state index in [0.717, 1.165) is 12.8 Å². The monoisotopic (exact) mass is 160 g/mol. The lowest BCUT2D eigenvalue weighted by Crippen LogP contribution is -2.24. The Labute approximate surface area is 67.3 Å². The molecule has 0 saturated carbocycles. The van der Waals surface area contributed by atoms with Crippen LogP contribution in [0, 0.1) is 0 Å². The van der Waals surface area contributed by atoms with Gasteiger partial charge in [0.25, 0.3) is 0 Å². The van der Waals surface area contributed by atoms with Crippen LogP contribution >= 0.6 is 0 Å². The summed E-state index contributed by atoms with van der Waals surface area (Å²) >= 11 is 0. The van der Waals surface area contributed by atoms with Gasteiger partial charge in [-0.15, -0.1) is 0 Å². The molecule has 0 unspecified atom stereocenters. The molecule has 0 aliphatic carbocycles. The van der Waals surface area contributed by atoms with Crippen LogP contribution in [-0.2, 0) is 9.47 Å². The molecule has 0 aromatic heterocycles. The van der Waals surface area contributed by atoms with Crippen LogP contribution in [0.15, 0.2) is 0 Å². The van der Waals surface area contributed by atoms with E-state index in [2.05, 4.69) is 6.92 Å². The van der Waals surface area contributed by atoms with Gasteiger partial charge in [-0.25, -0.2) is 0 Å². The second-order valence-electron chi connectivity index (χ2n) is 2.82. The first-order valence-electron chi connectivity index (χ1n) is 4.26. The first-order valence-corrected chi connectivity index (χ1v) is 4.26. The summed E-state index contributed by atoms with van der Waals surface area (Å²) in [4.78, 5) is 0. The highest BCUT2D eigenvalue weighted by Crippen LogP contribution is 2.14. The summed E-state index contributed by atoms with van der Waals surface area (Å²) in [6.45, 7) is 3.42. The third kappa shape index (κ3) is 2.77. The van der Waals surface area contributed by atoms with Gasteiger partial charge in [0.1, 0.15) is 6.10 Å². The summed E-state index contributed by atoms with van der Waals surface area (Å²) in [7, 11) is 0. The van der Waals surface area contributed by atoms with E-state index in [1.165, 1.54) is 0 Å². The van der Waals surface area contributed by atoms with Crippen LogP contribution in [0.4, 0.5) is 0 Å². The summed E-state index contributed by atoms with van der Waals surface area (Å²) in [5.74, 6) is 0. The Morgan fingerprint density at radius 3 is 3.00 bits per heavy atom. The molecule has 11 heavy (non-hydrogen) atoms. The van der Waals surface area contributed by atoms with Gasteiger partial charge in [0.15, 0.2) is 6.29 Å². The Balaban J connectivity index is 2.05. The molecule has 3 nitrogen and oxygen atoms in total. The van der Waals surface area contributed by atoms with Gasteiger partial charge in [-0.1, -0.05) is 13.3 Å². The Morgan fingerprint density at radius 1 is 1.64 bits per heavy atom. The van der Waals surface area contributed by atoms with Crippen molar-refractivity contribution in [2.75, 3.05) is 13.2 Å². The molecule has 0 spiro atoms. The van der Waals surface area contributed by atoms with Gasteiger partial charge in [0.05, 0.1) is 6.61 Å². The molecule has 2 atom stereocenters. The smallest absolute Gasteiger partial charge is 0.183 e. The van der Waals surface area contributed by atoms with Crippen LogP contribution in [0.25, 0.3) is 0 Å². The molecule has 1 heterocycles. The Hall–Kier alpha value is -0.120. The van der Waals surface area contributed by atoms with E-state index >= 15 is 0 Å². The molecular weight excluding hydrogens is 144 g/mol. The van der Waals surface area contributed by atoms with E-state index in [0.29, 0.717) is 19.6 Å². The zero-order valence-electron chi connectivity index (χ0n) is 6.95. The molecule has 0 radical (unpaired) electrons. The van der Waals surface area contributed by atoms with Gasteiger partial charge in [-0.3, -0.25) is 0 Å². The number of aliphatic hydroxyl groups is 1. The Kier molecular flexibility index (Phi) is 3.83. The maximum Gasteiger partial charge on any atom is 0.183 e. The number of hydrogen-bond acceptors (Lipinski definition) is 3. The Morgan fingerprint density at radius 2 is 2.45 bits per heavy atom. The molecular formula is C8H16O3. The lowest BCUT2D eigenvalue weighted by atomic mass is 10.3. The number of rotatable bonds is 4. The first kappa shape index (κ1) is 8.97.